The maximum Gasteiger partial charge on any atom is 0.143 e. The third-order valence-electron chi connectivity index (χ3n) is 13.0. The summed E-state index contributed by atoms with van der Waals surface area (Å²) in [4.78, 5) is 5.22. The van der Waals surface area contributed by atoms with E-state index < -0.39 is 5.41 Å². The molecule has 0 atom stereocenters. The number of hydrogen-bond donors (Lipinski definition) is 1. The average Bonchev–Trinajstić information content (AvgIpc) is 3.88. The number of allylic oxidation sites excluding steroid dienone is 2. The minimum atomic E-state index is -0.537. The van der Waals surface area contributed by atoms with Gasteiger partial charge in [0.1, 0.15) is 28.5 Å². The minimum Gasteiger partial charge on any atom is -0.457 e. The molecular formula is C60H40N2O2. The highest BCUT2D eigenvalue weighted by atomic mass is 16.5. The molecule has 2 aliphatic rings. The SMILES string of the molecule is C=C(/C=C(\N=C(N)c1ccccc1-c1ccc2c(c1)Oc1ccccc1C21c2ccccc2-c2ccccc21)c1ccc(-c2cccc3c2oc2ccccc23)cc1)c1ccccc1. The van der Waals surface area contributed by atoms with Gasteiger partial charge in [-0.25, -0.2) is 4.99 Å². The van der Waals surface area contributed by atoms with Crippen molar-refractivity contribution in [3.05, 3.63) is 264 Å². The van der Waals surface area contributed by atoms with Gasteiger partial charge in [-0.2, -0.15) is 0 Å². The van der Waals surface area contributed by atoms with E-state index in [0.717, 1.165) is 89.1 Å². The molecule has 0 bridgehead atoms. The zero-order valence-corrected chi connectivity index (χ0v) is 34.8. The van der Waals surface area contributed by atoms with Crippen molar-refractivity contribution in [2.24, 2.45) is 10.7 Å². The molecule has 302 valence electrons. The lowest BCUT2D eigenvalue weighted by molar-refractivity contribution is 0.436. The van der Waals surface area contributed by atoms with Gasteiger partial charge in [0.05, 0.1) is 11.1 Å². The van der Waals surface area contributed by atoms with Crippen molar-refractivity contribution in [2.75, 3.05) is 0 Å². The lowest BCUT2D eigenvalue weighted by Gasteiger charge is -2.39. The molecule has 1 aliphatic carbocycles. The van der Waals surface area contributed by atoms with Gasteiger partial charge in [-0.1, -0.05) is 201 Å². The lowest BCUT2D eigenvalue weighted by Crippen LogP contribution is -2.32. The molecule has 64 heavy (non-hydrogen) atoms. The first kappa shape index (κ1) is 37.3. The van der Waals surface area contributed by atoms with E-state index in [2.05, 4.69) is 158 Å². The summed E-state index contributed by atoms with van der Waals surface area (Å²) in [7, 11) is 0. The van der Waals surface area contributed by atoms with E-state index in [-0.39, 0.29) is 0 Å². The Morgan fingerprint density at radius 2 is 1.08 bits per heavy atom. The Morgan fingerprint density at radius 1 is 0.484 bits per heavy atom. The summed E-state index contributed by atoms with van der Waals surface area (Å²) in [5, 5.41) is 2.20. The van der Waals surface area contributed by atoms with Crippen molar-refractivity contribution in [2.45, 2.75) is 5.41 Å². The van der Waals surface area contributed by atoms with E-state index in [4.69, 9.17) is 19.9 Å². The van der Waals surface area contributed by atoms with Crippen molar-refractivity contribution in [3.63, 3.8) is 0 Å². The van der Waals surface area contributed by atoms with Crippen molar-refractivity contribution in [1.82, 2.24) is 0 Å². The van der Waals surface area contributed by atoms with Gasteiger partial charge in [-0.05, 0) is 74.4 Å². The van der Waals surface area contributed by atoms with Crippen LogP contribution in [0.3, 0.4) is 0 Å². The quantitative estimate of drug-likeness (QED) is 0.0990. The van der Waals surface area contributed by atoms with Crippen molar-refractivity contribution < 1.29 is 9.15 Å². The first-order valence-electron chi connectivity index (χ1n) is 21.6. The van der Waals surface area contributed by atoms with Crippen LogP contribution in [0.4, 0.5) is 0 Å². The number of para-hydroxylation sites is 3. The third-order valence-corrected chi connectivity index (χ3v) is 13.0. The number of furan rings is 1. The van der Waals surface area contributed by atoms with Crippen LogP contribution in [0.5, 0.6) is 11.5 Å². The number of hydrogen-bond acceptors (Lipinski definition) is 3. The molecule has 1 aliphatic heterocycles. The highest BCUT2D eigenvalue weighted by molar-refractivity contribution is 6.10. The Labute approximate surface area is 371 Å². The molecule has 2 N–H and O–H groups in total. The molecule has 1 aromatic heterocycles. The van der Waals surface area contributed by atoms with Gasteiger partial charge < -0.3 is 14.9 Å². The number of nitrogens with zero attached hydrogens (tertiary/aromatic N) is 1. The van der Waals surface area contributed by atoms with Gasteiger partial charge >= 0.3 is 0 Å². The van der Waals surface area contributed by atoms with Crippen LogP contribution in [0, 0.1) is 0 Å². The second kappa shape index (κ2) is 14.9. The highest BCUT2D eigenvalue weighted by Gasteiger charge is 2.50. The first-order valence-corrected chi connectivity index (χ1v) is 21.6. The number of nitrogens with two attached hydrogens (primary N) is 1. The fourth-order valence-electron chi connectivity index (χ4n) is 10.1. The van der Waals surface area contributed by atoms with E-state index in [1.807, 2.05) is 66.7 Å². The Bertz CT molecular complexity index is 3510. The largest absolute Gasteiger partial charge is 0.457 e. The molecule has 10 aromatic rings. The molecule has 0 unspecified atom stereocenters. The molecule has 0 radical (unpaired) electrons. The molecule has 0 saturated carbocycles. The number of aliphatic imine (C=N–C) groups is 1. The summed E-state index contributed by atoms with van der Waals surface area (Å²) < 4.78 is 13.3. The predicted molar refractivity (Wildman–Crippen MR) is 263 cm³/mol. The highest BCUT2D eigenvalue weighted by Crippen LogP contribution is 2.62. The Morgan fingerprint density at radius 3 is 1.86 bits per heavy atom. The lowest BCUT2D eigenvalue weighted by atomic mass is 9.66. The van der Waals surface area contributed by atoms with Gasteiger partial charge in [-0.3, -0.25) is 0 Å². The van der Waals surface area contributed by atoms with Crippen LogP contribution in [-0.4, -0.2) is 5.84 Å². The van der Waals surface area contributed by atoms with Crippen LogP contribution in [-0.2, 0) is 5.41 Å². The van der Waals surface area contributed by atoms with Crippen LogP contribution in [0.25, 0.3) is 66.6 Å². The van der Waals surface area contributed by atoms with Crippen molar-refractivity contribution in [3.8, 4) is 44.9 Å². The number of amidine groups is 1. The van der Waals surface area contributed by atoms with Crippen molar-refractivity contribution >= 4 is 39.0 Å². The molecule has 12 rings (SSSR count). The Balaban J connectivity index is 0.959. The zero-order chi connectivity index (χ0) is 42.8. The van der Waals surface area contributed by atoms with Gasteiger partial charge in [0, 0.05) is 38.6 Å². The number of benzene rings is 9. The van der Waals surface area contributed by atoms with Gasteiger partial charge in [0.2, 0.25) is 0 Å². The summed E-state index contributed by atoms with van der Waals surface area (Å²) >= 11 is 0. The molecule has 9 aromatic carbocycles. The van der Waals surface area contributed by atoms with Crippen LogP contribution >= 0.6 is 0 Å². The summed E-state index contributed by atoms with van der Waals surface area (Å²) in [6, 6.07) is 73.9. The van der Waals surface area contributed by atoms with Crippen LogP contribution in [0.1, 0.15) is 38.9 Å². The van der Waals surface area contributed by atoms with E-state index >= 15 is 0 Å². The van der Waals surface area contributed by atoms with Gasteiger partial charge in [0.15, 0.2) is 0 Å². The number of fused-ring (bicyclic) bond motifs is 12. The normalized spacial score (nSPS) is 13.6. The number of ether oxygens (including phenoxy) is 1. The summed E-state index contributed by atoms with van der Waals surface area (Å²) in [5.74, 6) is 2.05. The van der Waals surface area contributed by atoms with E-state index in [1.54, 1.807) is 0 Å². The number of rotatable bonds is 7. The zero-order valence-electron chi connectivity index (χ0n) is 34.8. The van der Waals surface area contributed by atoms with E-state index in [0.29, 0.717) is 11.5 Å². The predicted octanol–water partition coefficient (Wildman–Crippen LogP) is 14.8. The molecule has 2 heterocycles. The monoisotopic (exact) mass is 820 g/mol. The molecule has 0 amide bonds. The maximum absolute atomic E-state index is 7.14. The van der Waals surface area contributed by atoms with Crippen LogP contribution in [0.2, 0.25) is 0 Å². The average molecular weight is 821 g/mol. The fraction of sp³-hybridized carbons (Fsp3) is 0.0167. The maximum atomic E-state index is 7.14. The summed E-state index contributed by atoms with van der Waals surface area (Å²) in [6.45, 7) is 4.46. The van der Waals surface area contributed by atoms with E-state index in [9.17, 15) is 0 Å². The Hall–Kier alpha value is -8.47. The van der Waals surface area contributed by atoms with Crippen LogP contribution < -0.4 is 10.5 Å². The smallest absolute Gasteiger partial charge is 0.143 e. The first-order chi connectivity index (χ1) is 31.6. The molecule has 0 fully saturated rings. The second-order valence-corrected chi connectivity index (χ2v) is 16.5. The molecular weight excluding hydrogens is 781 g/mol. The topological polar surface area (TPSA) is 60.8 Å². The molecule has 4 nitrogen and oxygen atoms in total. The van der Waals surface area contributed by atoms with Gasteiger partial charge in [-0.15, -0.1) is 0 Å². The van der Waals surface area contributed by atoms with Crippen LogP contribution in [0.15, 0.2) is 234 Å². The minimum absolute atomic E-state index is 0.387. The van der Waals surface area contributed by atoms with Gasteiger partial charge in [0.25, 0.3) is 0 Å². The standard InChI is InChI=1S/C60H40N2O2/c1-38(39-16-3-2-4-17-39)36-54(41-32-30-40(31-33-41)44-23-15-24-48-47-21-9-13-28-55(47)64-58(44)48)62-59(61)49-22-6-5-18-43(49)42-34-35-53-57(37-42)63-56-29-14-12-27-52(56)60(53)50-25-10-7-19-45(50)46-20-8-11-26-51(46)60/h2-37H,1H2,(H2,61,62)/b54-36-. The Kier molecular flexibility index (Phi) is 8.66. The third kappa shape index (κ3) is 5.80. The molecule has 0 saturated heterocycles. The summed E-state index contributed by atoms with van der Waals surface area (Å²) in [6.07, 6.45) is 2.01. The molecule has 1 spiro atoms. The van der Waals surface area contributed by atoms with Crippen molar-refractivity contribution in [1.29, 1.82) is 0 Å². The molecule has 4 heteroatoms. The summed E-state index contributed by atoms with van der Waals surface area (Å²) in [5.41, 5.74) is 23.8. The van der Waals surface area contributed by atoms with E-state index in [1.165, 1.54) is 22.3 Å². The fourth-order valence-corrected chi connectivity index (χ4v) is 10.1. The second-order valence-electron chi connectivity index (χ2n) is 16.5.